The maximum absolute atomic E-state index is 13.3. The van der Waals surface area contributed by atoms with Crippen molar-refractivity contribution >= 4 is 38.9 Å². The van der Waals surface area contributed by atoms with E-state index in [9.17, 15) is 13.2 Å². The number of nitrogens with zero attached hydrogens (tertiary/aromatic N) is 2. The average molecular weight is 436 g/mol. The zero-order valence-electron chi connectivity index (χ0n) is 16.0. The van der Waals surface area contributed by atoms with Gasteiger partial charge < -0.3 is 4.74 Å². The van der Waals surface area contributed by atoms with Crippen molar-refractivity contribution in [2.75, 3.05) is 18.0 Å². The highest BCUT2D eigenvalue weighted by Crippen LogP contribution is 2.34. The Morgan fingerprint density at radius 1 is 1.17 bits per heavy atom. The molecule has 0 saturated heterocycles. The minimum absolute atomic E-state index is 0.0527. The van der Waals surface area contributed by atoms with Gasteiger partial charge in [0, 0.05) is 10.7 Å². The molecule has 0 aromatic heterocycles. The molecule has 2 aromatic carbocycles. The Morgan fingerprint density at radius 3 is 2.52 bits per heavy atom. The number of sulfonamides is 1. The Bertz CT molecular complexity index is 1000. The molecule has 0 unspecified atom stereocenters. The summed E-state index contributed by atoms with van der Waals surface area (Å²) in [5.41, 5.74) is 3.56. The second kappa shape index (κ2) is 9.28. The fraction of sp³-hybridized carbons (Fsp3) is 0.300. The highest BCUT2D eigenvalue weighted by Gasteiger charge is 2.29. The van der Waals surface area contributed by atoms with Gasteiger partial charge in [0.05, 0.1) is 17.7 Å². The van der Waals surface area contributed by atoms with E-state index < -0.39 is 22.5 Å². The normalized spacial score (nSPS) is 13.8. The molecule has 1 aliphatic rings. The highest BCUT2D eigenvalue weighted by atomic mass is 35.5. The van der Waals surface area contributed by atoms with Gasteiger partial charge in [-0.3, -0.25) is 9.10 Å². The second-order valence-corrected chi connectivity index (χ2v) is 8.86. The van der Waals surface area contributed by atoms with Crippen LogP contribution in [0.5, 0.6) is 5.75 Å². The summed E-state index contributed by atoms with van der Waals surface area (Å²) in [6.07, 6.45) is 3.77. The molecule has 9 heteroatoms. The minimum atomic E-state index is -4.05. The number of amides is 1. The van der Waals surface area contributed by atoms with Gasteiger partial charge in [-0.05, 0) is 56.0 Å². The Kier molecular flexibility index (Phi) is 6.76. The number of halogens is 1. The number of anilines is 1. The van der Waals surface area contributed by atoms with Gasteiger partial charge in [0.25, 0.3) is 15.9 Å². The molecule has 1 fully saturated rings. The summed E-state index contributed by atoms with van der Waals surface area (Å²) in [4.78, 5) is 12.6. The van der Waals surface area contributed by atoms with E-state index >= 15 is 0 Å². The summed E-state index contributed by atoms with van der Waals surface area (Å²) in [6.45, 7) is -0.468. The zero-order chi connectivity index (χ0) is 20.9. The molecule has 0 radical (unpaired) electrons. The van der Waals surface area contributed by atoms with Crippen LogP contribution in [0.1, 0.15) is 25.7 Å². The van der Waals surface area contributed by atoms with Gasteiger partial charge in [-0.15, -0.1) is 0 Å². The number of hydrazone groups is 1. The van der Waals surface area contributed by atoms with E-state index in [1.54, 1.807) is 30.3 Å². The van der Waals surface area contributed by atoms with Crippen molar-refractivity contribution in [3.8, 4) is 5.75 Å². The van der Waals surface area contributed by atoms with Crippen LogP contribution in [0.25, 0.3) is 0 Å². The standard InChI is InChI=1S/C20H22ClN3O4S/c1-28-19-12-11-15(21)13-18(19)24(29(26,27)17-9-3-2-4-10-17)14-20(25)23-22-16-7-5-6-8-16/h2-4,9-13H,5-8,14H2,1H3,(H,23,25). The van der Waals surface area contributed by atoms with E-state index in [4.69, 9.17) is 16.3 Å². The number of methoxy groups -OCH3 is 1. The number of ether oxygens (including phenoxy) is 1. The fourth-order valence-corrected chi connectivity index (χ4v) is 4.69. The summed E-state index contributed by atoms with van der Waals surface area (Å²) < 4.78 is 32.9. The first kappa shape index (κ1) is 21.1. The molecule has 0 heterocycles. The SMILES string of the molecule is COc1ccc(Cl)cc1N(CC(=O)NN=C1CCCC1)S(=O)(=O)c1ccccc1. The smallest absolute Gasteiger partial charge is 0.264 e. The van der Waals surface area contributed by atoms with E-state index in [0.717, 1.165) is 35.7 Å². The number of hydrogen-bond acceptors (Lipinski definition) is 5. The predicted octanol–water partition coefficient (Wildman–Crippen LogP) is 3.59. The van der Waals surface area contributed by atoms with Crippen LogP contribution in [-0.4, -0.2) is 33.7 Å². The lowest BCUT2D eigenvalue weighted by Crippen LogP contribution is -2.40. The number of carbonyl (C=O) groups excluding carboxylic acids is 1. The third kappa shape index (κ3) is 5.07. The maximum atomic E-state index is 13.3. The van der Waals surface area contributed by atoms with E-state index in [1.807, 2.05) is 0 Å². The average Bonchev–Trinajstić information content (AvgIpc) is 3.24. The second-order valence-electron chi connectivity index (χ2n) is 6.56. The van der Waals surface area contributed by atoms with E-state index in [1.165, 1.54) is 25.3 Å². The molecule has 1 aliphatic carbocycles. The van der Waals surface area contributed by atoms with Gasteiger partial charge in [-0.25, -0.2) is 13.8 Å². The van der Waals surface area contributed by atoms with E-state index in [-0.39, 0.29) is 16.3 Å². The molecule has 2 aromatic rings. The van der Waals surface area contributed by atoms with Gasteiger partial charge in [0.1, 0.15) is 12.3 Å². The highest BCUT2D eigenvalue weighted by molar-refractivity contribution is 7.92. The zero-order valence-corrected chi connectivity index (χ0v) is 17.5. The van der Waals surface area contributed by atoms with Gasteiger partial charge in [0.2, 0.25) is 0 Å². The first-order valence-electron chi connectivity index (χ1n) is 9.17. The molecule has 29 heavy (non-hydrogen) atoms. The Hall–Kier alpha value is -2.58. The number of benzene rings is 2. The van der Waals surface area contributed by atoms with E-state index in [0.29, 0.717) is 5.02 Å². The molecular weight excluding hydrogens is 414 g/mol. The largest absolute Gasteiger partial charge is 0.495 e. The lowest BCUT2D eigenvalue weighted by Gasteiger charge is -2.25. The first-order chi connectivity index (χ1) is 13.9. The summed E-state index contributed by atoms with van der Waals surface area (Å²) in [5.74, 6) is -0.269. The van der Waals surface area contributed by atoms with E-state index in [2.05, 4.69) is 10.5 Å². The summed E-state index contributed by atoms with van der Waals surface area (Å²) >= 11 is 6.10. The molecule has 0 spiro atoms. The van der Waals surface area contributed by atoms with Crippen molar-refractivity contribution in [1.82, 2.24) is 5.43 Å². The summed E-state index contributed by atoms with van der Waals surface area (Å²) in [7, 11) is -2.63. The van der Waals surface area contributed by atoms with Crippen molar-refractivity contribution in [3.05, 3.63) is 53.6 Å². The third-order valence-corrected chi connectivity index (χ3v) is 6.56. The fourth-order valence-electron chi connectivity index (χ4n) is 3.08. The molecule has 154 valence electrons. The first-order valence-corrected chi connectivity index (χ1v) is 11.0. The number of hydrogen-bond donors (Lipinski definition) is 1. The molecule has 7 nitrogen and oxygen atoms in total. The number of nitrogens with one attached hydrogen (secondary N) is 1. The topological polar surface area (TPSA) is 88.1 Å². The molecule has 0 atom stereocenters. The quantitative estimate of drug-likeness (QED) is 0.673. The molecule has 1 N–H and O–H groups in total. The van der Waals surface area contributed by atoms with Crippen LogP contribution in [0.15, 0.2) is 58.5 Å². The van der Waals surface area contributed by atoms with Crippen LogP contribution >= 0.6 is 11.6 Å². The molecule has 1 amide bonds. The molecule has 3 rings (SSSR count). The number of carbonyl (C=O) groups is 1. The predicted molar refractivity (Wildman–Crippen MR) is 113 cm³/mol. The van der Waals surface area contributed by atoms with Gasteiger partial charge in [0.15, 0.2) is 0 Å². The van der Waals surface area contributed by atoms with Crippen LogP contribution in [0.4, 0.5) is 5.69 Å². The maximum Gasteiger partial charge on any atom is 0.264 e. The van der Waals surface area contributed by atoms with Gasteiger partial charge in [-0.2, -0.15) is 5.10 Å². The lowest BCUT2D eigenvalue weighted by atomic mass is 10.3. The van der Waals surface area contributed by atoms with Crippen LogP contribution in [0.3, 0.4) is 0 Å². The van der Waals surface area contributed by atoms with Crippen molar-refractivity contribution in [1.29, 1.82) is 0 Å². The van der Waals surface area contributed by atoms with Crippen molar-refractivity contribution in [2.45, 2.75) is 30.6 Å². The van der Waals surface area contributed by atoms with Crippen LogP contribution < -0.4 is 14.5 Å². The van der Waals surface area contributed by atoms with Crippen molar-refractivity contribution in [2.24, 2.45) is 5.10 Å². The Balaban J connectivity index is 1.97. The monoisotopic (exact) mass is 435 g/mol. The molecular formula is C20H22ClN3O4S. The summed E-state index contributed by atoms with van der Waals surface area (Å²) in [5, 5.41) is 4.44. The number of rotatable bonds is 7. The van der Waals surface area contributed by atoms with Crippen LogP contribution in [0, 0.1) is 0 Å². The molecule has 1 saturated carbocycles. The Labute approximate surface area is 175 Å². The van der Waals surface area contributed by atoms with Crippen molar-refractivity contribution < 1.29 is 17.9 Å². The van der Waals surface area contributed by atoms with Gasteiger partial charge >= 0.3 is 0 Å². The molecule has 0 aliphatic heterocycles. The van der Waals surface area contributed by atoms with Crippen molar-refractivity contribution in [3.63, 3.8) is 0 Å². The Morgan fingerprint density at radius 2 is 1.86 bits per heavy atom. The van der Waals surface area contributed by atoms with Crippen LogP contribution in [0.2, 0.25) is 5.02 Å². The minimum Gasteiger partial charge on any atom is -0.495 e. The molecule has 0 bridgehead atoms. The lowest BCUT2D eigenvalue weighted by molar-refractivity contribution is -0.119. The van der Waals surface area contributed by atoms with Gasteiger partial charge in [-0.1, -0.05) is 29.8 Å². The van der Waals surface area contributed by atoms with Crippen LogP contribution in [-0.2, 0) is 14.8 Å². The summed E-state index contributed by atoms with van der Waals surface area (Å²) in [6, 6.07) is 12.5. The third-order valence-electron chi connectivity index (χ3n) is 4.55.